The standard InChI is InChI=1S/C8H17NO2S/c1-6(12-3)4-5-9-7(2)8(10)11/h6-7,9H,4-5H2,1-3H3,(H,10,11). The highest BCUT2D eigenvalue weighted by atomic mass is 32.2. The number of hydrogen-bond donors (Lipinski definition) is 2. The molecule has 0 aromatic heterocycles. The minimum absolute atomic E-state index is 0.431. The van der Waals surface area contributed by atoms with Gasteiger partial charge in [0.15, 0.2) is 0 Å². The predicted molar refractivity (Wildman–Crippen MR) is 52.7 cm³/mol. The van der Waals surface area contributed by atoms with Gasteiger partial charge in [-0.05, 0) is 26.1 Å². The Hall–Kier alpha value is -0.220. The van der Waals surface area contributed by atoms with E-state index in [9.17, 15) is 4.79 Å². The van der Waals surface area contributed by atoms with Crippen LogP contribution in [0.25, 0.3) is 0 Å². The van der Waals surface area contributed by atoms with Gasteiger partial charge in [-0.2, -0.15) is 11.8 Å². The highest BCUT2D eigenvalue weighted by Crippen LogP contribution is 2.07. The number of carboxylic acid groups (broad SMARTS) is 1. The summed E-state index contributed by atoms with van der Waals surface area (Å²) < 4.78 is 0. The van der Waals surface area contributed by atoms with Crippen molar-refractivity contribution in [2.45, 2.75) is 31.6 Å². The molecule has 0 saturated heterocycles. The van der Waals surface area contributed by atoms with Crippen molar-refractivity contribution in [1.29, 1.82) is 0 Å². The third-order valence-electron chi connectivity index (χ3n) is 1.77. The van der Waals surface area contributed by atoms with E-state index in [-0.39, 0.29) is 0 Å². The van der Waals surface area contributed by atoms with E-state index in [4.69, 9.17) is 5.11 Å². The molecule has 0 heterocycles. The maximum absolute atomic E-state index is 10.4. The first-order valence-electron chi connectivity index (χ1n) is 4.07. The second-order valence-corrected chi connectivity index (χ2v) is 4.13. The molecule has 0 aliphatic heterocycles. The molecule has 2 atom stereocenters. The molecule has 3 nitrogen and oxygen atoms in total. The van der Waals surface area contributed by atoms with Crippen molar-refractivity contribution < 1.29 is 9.90 Å². The maximum Gasteiger partial charge on any atom is 0.320 e. The molecule has 0 aliphatic rings. The summed E-state index contributed by atoms with van der Waals surface area (Å²) in [6, 6.07) is -0.431. The van der Waals surface area contributed by atoms with Crippen molar-refractivity contribution in [2.24, 2.45) is 0 Å². The van der Waals surface area contributed by atoms with Gasteiger partial charge in [-0.1, -0.05) is 6.92 Å². The van der Waals surface area contributed by atoms with E-state index < -0.39 is 12.0 Å². The summed E-state index contributed by atoms with van der Waals surface area (Å²) in [6.45, 7) is 4.57. The molecule has 0 aromatic carbocycles. The highest BCUT2D eigenvalue weighted by Gasteiger charge is 2.09. The Bertz CT molecular complexity index is 141. The molecule has 0 amide bonds. The maximum atomic E-state index is 10.4. The lowest BCUT2D eigenvalue weighted by molar-refractivity contribution is -0.138. The van der Waals surface area contributed by atoms with E-state index in [0.717, 1.165) is 13.0 Å². The van der Waals surface area contributed by atoms with E-state index in [1.807, 2.05) is 0 Å². The minimum atomic E-state index is -0.785. The first-order valence-corrected chi connectivity index (χ1v) is 5.35. The van der Waals surface area contributed by atoms with Crippen LogP contribution in [0.1, 0.15) is 20.3 Å². The SMILES string of the molecule is CSC(C)CCNC(C)C(=O)O. The van der Waals surface area contributed by atoms with Crippen molar-refractivity contribution in [3.05, 3.63) is 0 Å². The minimum Gasteiger partial charge on any atom is -0.480 e. The largest absolute Gasteiger partial charge is 0.480 e. The first kappa shape index (κ1) is 11.8. The average molecular weight is 191 g/mol. The van der Waals surface area contributed by atoms with Gasteiger partial charge in [0.05, 0.1) is 0 Å². The lowest BCUT2D eigenvalue weighted by Crippen LogP contribution is -2.34. The van der Waals surface area contributed by atoms with Crippen molar-refractivity contribution in [3.63, 3.8) is 0 Å². The molecule has 0 spiro atoms. The molecule has 0 saturated carbocycles. The molecule has 4 heteroatoms. The van der Waals surface area contributed by atoms with Gasteiger partial charge in [0.25, 0.3) is 0 Å². The zero-order chi connectivity index (χ0) is 9.56. The molecule has 2 unspecified atom stereocenters. The van der Waals surface area contributed by atoms with E-state index in [1.54, 1.807) is 18.7 Å². The fraction of sp³-hybridized carbons (Fsp3) is 0.875. The molecule has 72 valence electrons. The van der Waals surface area contributed by atoms with Crippen LogP contribution in [0.2, 0.25) is 0 Å². The van der Waals surface area contributed by atoms with E-state index in [2.05, 4.69) is 18.5 Å². The Labute approximate surface area is 77.9 Å². The van der Waals surface area contributed by atoms with Gasteiger partial charge < -0.3 is 10.4 Å². The van der Waals surface area contributed by atoms with Gasteiger partial charge >= 0.3 is 5.97 Å². The normalized spacial score (nSPS) is 15.6. The van der Waals surface area contributed by atoms with Gasteiger partial charge in [-0.3, -0.25) is 4.79 Å². The lowest BCUT2D eigenvalue weighted by Gasteiger charge is -2.11. The number of nitrogens with one attached hydrogen (secondary N) is 1. The van der Waals surface area contributed by atoms with E-state index >= 15 is 0 Å². The average Bonchev–Trinajstić information content (AvgIpc) is 2.03. The third-order valence-corrected chi connectivity index (χ3v) is 2.81. The van der Waals surface area contributed by atoms with Gasteiger partial charge in [0.2, 0.25) is 0 Å². The summed E-state index contributed by atoms with van der Waals surface area (Å²) >= 11 is 1.80. The van der Waals surface area contributed by atoms with Crippen LogP contribution in [0.15, 0.2) is 0 Å². The molecule has 0 rings (SSSR count). The van der Waals surface area contributed by atoms with Crippen LogP contribution in [0, 0.1) is 0 Å². The predicted octanol–water partition coefficient (Wildman–Crippen LogP) is 1.19. The zero-order valence-electron chi connectivity index (χ0n) is 7.83. The van der Waals surface area contributed by atoms with E-state index in [1.165, 1.54) is 0 Å². The molecular formula is C8H17NO2S. The number of aliphatic carboxylic acids is 1. The number of carboxylic acids is 1. The molecule has 0 aliphatic carbocycles. The molecular weight excluding hydrogens is 174 g/mol. The van der Waals surface area contributed by atoms with Crippen molar-refractivity contribution in [1.82, 2.24) is 5.32 Å². The fourth-order valence-electron chi connectivity index (χ4n) is 0.708. The second kappa shape index (κ2) is 6.31. The van der Waals surface area contributed by atoms with E-state index in [0.29, 0.717) is 5.25 Å². The Morgan fingerprint density at radius 3 is 2.58 bits per heavy atom. The van der Waals surface area contributed by atoms with Crippen LogP contribution in [-0.4, -0.2) is 35.2 Å². The van der Waals surface area contributed by atoms with Gasteiger partial charge in [0.1, 0.15) is 6.04 Å². The summed E-state index contributed by atoms with van der Waals surface area (Å²) in [7, 11) is 0. The Kier molecular flexibility index (Phi) is 6.20. The molecule has 0 bridgehead atoms. The third kappa shape index (κ3) is 5.43. The fourth-order valence-corrected chi connectivity index (χ4v) is 1.06. The summed E-state index contributed by atoms with van der Waals surface area (Å²) in [5.41, 5.74) is 0. The highest BCUT2D eigenvalue weighted by molar-refractivity contribution is 7.99. The smallest absolute Gasteiger partial charge is 0.320 e. The van der Waals surface area contributed by atoms with Crippen molar-refractivity contribution in [3.8, 4) is 0 Å². The molecule has 0 radical (unpaired) electrons. The first-order chi connectivity index (χ1) is 5.57. The van der Waals surface area contributed by atoms with Crippen LogP contribution in [0.4, 0.5) is 0 Å². The van der Waals surface area contributed by atoms with Crippen LogP contribution < -0.4 is 5.32 Å². The molecule has 0 aromatic rings. The number of hydrogen-bond acceptors (Lipinski definition) is 3. The molecule has 12 heavy (non-hydrogen) atoms. The zero-order valence-corrected chi connectivity index (χ0v) is 8.65. The number of rotatable bonds is 6. The van der Waals surface area contributed by atoms with Crippen molar-refractivity contribution in [2.75, 3.05) is 12.8 Å². The Morgan fingerprint density at radius 1 is 1.58 bits per heavy atom. The number of carbonyl (C=O) groups is 1. The second-order valence-electron chi connectivity index (χ2n) is 2.85. The van der Waals surface area contributed by atoms with Crippen LogP contribution in [0.5, 0.6) is 0 Å². The lowest BCUT2D eigenvalue weighted by atomic mass is 10.3. The molecule has 2 N–H and O–H groups in total. The van der Waals surface area contributed by atoms with Gasteiger partial charge in [-0.25, -0.2) is 0 Å². The summed E-state index contributed by atoms with van der Waals surface area (Å²) in [6.07, 6.45) is 3.07. The van der Waals surface area contributed by atoms with Crippen molar-refractivity contribution >= 4 is 17.7 Å². The summed E-state index contributed by atoms with van der Waals surface area (Å²) in [5.74, 6) is -0.785. The van der Waals surface area contributed by atoms with Gasteiger partial charge in [0, 0.05) is 5.25 Å². The summed E-state index contributed by atoms with van der Waals surface area (Å²) in [4.78, 5) is 10.4. The topological polar surface area (TPSA) is 49.3 Å². The quantitative estimate of drug-likeness (QED) is 0.662. The number of thioether (sulfide) groups is 1. The van der Waals surface area contributed by atoms with Crippen LogP contribution >= 0.6 is 11.8 Å². The van der Waals surface area contributed by atoms with Crippen LogP contribution in [0.3, 0.4) is 0 Å². The Morgan fingerprint density at radius 2 is 2.17 bits per heavy atom. The monoisotopic (exact) mass is 191 g/mol. The van der Waals surface area contributed by atoms with Crippen LogP contribution in [-0.2, 0) is 4.79 Å². The summed E-state index contributed by atoms with van der Waals surface area (Å²) in [5, 5.41) is 12.1. The Balaban J connectivity index is 3.37. The molecule has 0 fully saturated rings. The van der Waals surface area contributed by atoms with Gasteiger partial charge in [-0.15, -0.1) is 0 Å².